The maximum absolute atomic E-state index is 11.3. The molecule has 2 atom stereocenters. The number of hydrazone groups is 1. The highest BCUT2D eigenvalue weighted by molar-refractivity contribution is 9.10. The summed E-state index contributed by atoms with van der Waals surface area (Å²) >= 11 is 9.65. The third-order valence-corrected chi connectivity index (χ3v) is 3.89. The summed E-state index contributed by atoms with van der Waals surface area (Å²) in [6.07, 6.45) is -0.181. The molecule has 114 valence electrons. The summed E-state index contributed by atoms with van der Waals surface area (Å²) in [5.41, 5.74) is 4.08. The van der Waals surface area contributed by atoms with Crippen molar-refractivity contribution in [1.29, 1.82) is 0 Å². The Labute approximate surface area is 136 Å². The summed E-state index contributed by atoms with van der Waals surface area (Å²) in [6, 6.07) is 3.59. The second-order valence-electron chi connectivity index (χ2n) is 5.07. The van der Waals surface area contributed by atoms with Gasteiger partial charge in [-0.05, 0) is 35.0 Å². The number of benzene rings is 1. The molecule has 21 heavy (non-hydrogen) atoms. The third kappa shape index (κ3) is 3.96. The van der Waals surface area contributed by atoms with E-state index in [2.05, 4.69) is 26.5 Å². The topological polar surface area (TPSA) is 70.9 Å². The lowest BCUT2D eigenvalue weighted by Crippen LogP contribution is -2.32. The Hall–Kier alpha value is -1.11. The molecule has 1 amide bonds. The van der Waals surface area contributed by atoms with Crippen molar-refractivity contribution in [2.75, 3.05) is 6.61 Å². The third-order valence-electron chi connectivity index (χ3n) is 3.02. The summed E-state index contributed by atoms with van der Waals surface area (Å²) in [6.45, 7) is 3.74. The first-order valence-corrected chi connectivity index (χ1v) is 7.72. The highest BCUT2D eigenvalue weighted by atomic mass is 79.9. The van der Waals surface area contributed by atoms with Gasteiger partial charge in [0.1, 0.15) is 6.61 Å². The largest absolute Gasteiger partial charge is 0.488 e. The lowest BCUT2D eigenvalue weighted by atomic mass is 9.94. The van der Waals surface area contributed by atoms with Gasteiger partial charge in [0.25, 0.3) is 0 Å². The van der Waals surface area contributed by atoms with Gasteiger partial charge in [0.2, 0.25) is 5.91 Å². The predicted molar refractivity (Wildman–Crippen MR) is 84.8 cm³/mol. The number of hydrogen-bond acceptors (Lipinski definition) is 4. The van der Waals surface area contributed by atoms with E-state index in [1.54, 1.807) is 13.0 Å². The first kappa shape index (κ1) is 16.3. The molecule has 0 fully saturated rings. The summed E-state index contributed by atoms with van der Waals surface area (Å²) in [4.78, 5) is 11.3. The van der Waals surface area contributed by atoms with Crippen LogP contribution in [0.25, 0.3) is 0 Å². The number of aliphatic hydroxyl groups excluding tert-OH is 1. The van der Waals surface area contributed by atoms with Crippen molar-refractivity contribution < 1.29 is 14.6 Å². The number of rotatable bonds is 4. The van der Waals surface area contributed by atoms with Crippen LogP contribution in [-0.2, 0) is 4.79 Å². The number of carbonyl (C=O) groups excluding carboxylic acids is 1. The first-order chi connectivity index (χ1) is 9.88. The van der Waals surface area contributed by atoms with E-state index in [0.717, 1.165) is 11.3 Å². The normalized spacial score (nSPS) is 19.8. The van der Waals surface area contributed by atoms with E-state index < -0.39 is 6.10 Å². The first-order valence-electron chi connectivity index (χ1n) is 6.55. The number of nitrogens with one attached hydrogen (secondary N) is 1. The van der Waals surface area contributed by atoms with Gasteiger partial charge in [-0.3, -0.25) is 4.79 Å². The number of hydrogen-bond donors (Lipinski definition) is 2. The molecular weight excluding hydrogens is 360 g/mol. The molecule has 5 nitrogen and oxygen atoms in total. The number of nitrogens with zero attached hydrogens (tertiary/aromatic N) is 1. The molecule has 2 N–H and O–H groups in total. The van der Waals surface area contributed by atoms with Crippen molar-refractivity contribution in [1.82, 2.24) is 5.43 Å². The zero-order valence-electron chi connectivity index (χ0n) is 11.7. The van der Waals surface area contributed by atoms with Gasteiger partial charge in [-0.2, -0.15) is 5.10 Å². The molecule has 1 aromatic carbocycles. The van der Waals surface area contributed by atoms with Gasteiger partial charge in [-0.15, -0.1) is 0 Å². The molecule has 0 saturated heterocycles. The molecule has 0 radical (unpaired) electrons. The van der Waals surface area contributed by atoms with Crippen LogP contribution in [0, 0.1) is 5.92 Å². The molecule has 7 heteroatoms. The van der Waals surface area contributed by atoms with E-state index in [9.17, 15) is 9.90 Å². The van der Waals surface area contributed by atoms with Crippen molar-refractivity contribution in [3.8, 4) is 5.75 Å². The molecule has 0 bridgehead atoms. The maximum atomic E-state index is 11.3. The van der Waals surface area contributed by atoms with Gasteiger partial charge < -0.3 is 9.84 Å². The van der Waals surface area contributed by atoms with Crippen molar-refractivity contribution in [2.24, 2.45) is 11.0 Å². The average Bonchev–Trinajstić information content (AvgIpc) is 2.37. The minimum Gasteiger partial charge on any atom is -0.488 e. The van der Waals surface area contributed by atoms with Crippen LogP contribution in [0.4, 0.5) is 0 Å². The number of ether oxygens (including phenoxy) is 1. The molecule has 0 aliphatic carbocycles. The Balaban J connectivity index is 2.29. The molecule has 1 aliphatic heterocycles. The summed E-state index contributed by atoms with van der Waals surface area (Å²) in [7, 11) is 0. The van der Waals surface area contributed by atoms with Crippen molar-refractivity contribution >= 4 is 39.1 Å². The zero-order chi connectivity index (χ0) is 15.6. The van der Waals surface area contributed by atoms with Crippen LogP contribution in [0.5, 0.6) is 5.75 Å². The van der Waals surface area contributed by atoms with E-state index in [1.165, 1.54) is 0 Å². The second-order valence-corrected chi connectivity index (χ2v) is 6.33. The molecule has 0 saturated carbocycles. The van der Waals surface area contributed by atoms with E-state index in [4.69, 9.17) is 16.3 Å². The van der Waals surface area contributed by atoms with Crippen LogP contribution in [0.2, 0.25) is 5.02 Å². The molecule has 0 spiro atoms. The summed E-state index contributed by atoms with van der Waals surface area (Å²) in [5, 5.41) is 13.8. The van der Waals surface area contributed by atoms with Crippen LogP contribution in [0.15, 0.2) is 21.7 Å². The van der Waals surface area contributed by atoms with Crippen LogP contribution in [0.3, 0.4) is 0 Å². The number of carbonyl (C=O) groups is 1. The monoisotopic (exact) mass is 374 g/mol. The molecule has 1 heterocycles. The quantitative estimate of drug-likeness (QED) is 0.850. The van der Waals surface area contributed by atoms with Crippen molar-refractivity contribution in [3.63, 3.8) is 0 Å². The average molecular weight is 376 g/mol. The fourth-order valence-electron chi connectivity index (χ4n) is 2.05. The maximum Gasteiger partial charge on any atom is 0.240 e. The fourth-order valence-corrected chi connectivity index (χ4v) is 3.01. The molecule has 1 aromatic rings. The zero-order valence-corrected chi connectivity index (χ0v) is 14.0. The highest BCUT2D eigenvalue weighted by Gasteiger charge is 2.23. The van der Waals surface area contributed by atoms with Crippen LogP contribution in [-0.4, -0.2) is 29.4 Å². The minimum atomic E-state index is -0.578. The fraction of sp³-hybridized carbons (Fsp3) is 0.429. The van der Waals surface area contributed by atoms with Crippen LogP contribution >= 0.6 is 27.5 Å². The number of halogens is 2. The SMILES string of the molecule is CC(O)COc1c(Cl)cc(C2=NNC(=O)CC2C)cc1Br. The summed E-state index contributed by atoms with van der Waals surface area (Å²) in [5.74, 6) is 0.411. The van der Waals surface area contributed by atoms with Crippen LogP contribution in [0.1, 0.15) is 25.8 Å². The van der Waals surface area contributed by atoms with Crippen LogP contribution < -0.4 is 10.2 Å². The van der Waals surface area contributed by atoms with Gasteiger partial charge in [0, 0.05) is 17.9 Å². The lowest BCUT2D eigenvalue weighted by molar-refractivity contribution is -0.121. The number of aliphatic hydroxyl groups is 1. The smallest absolute Gasteiger partial charge is 0.240 e. The minimum absolute atomic E-state index is 0.0194. The van der Waals surface area contributed by atoms with E-state index in [1.807, 2.05) is 13.0 Å². The van der Waals surface area contributed by atoms with Crippen molar-refractivity contribution in [2.45, 2.75) is 26.4 Å². The van der Waals surface area contributed by atoms with Gasteiger partial charge in [0.15, 0.2) is 5.75 Å². The Morgan fingerprint density at radius 3 is 2.90 bits per heavy atom. The number of amides is 1. The van der Waals surface area contributed by atoms with Gasteiger partial charge >= 0.3 is 0 Å². The van der Waals surface area contributed by atoms with Gasteiger partial charge in [0.05, 0.1) is 21.3 Å². The second kappa shape index (κ2) is 6.77. The van der Waals surface area contributed by atoms with E-state index in [0.29, 0.717) is 21.7 Å². The summed E-state index contributed by atoms with van der Waals surface area (Å²) < 4.78 is 6.15. The Kier molecular flexibility index (Phi) is 5.24. The highest BCUT2D eigenvalue weighted by Crippen LogP contribution is 2.35. The van der Waals surface area contributed by atoms with Gasteiger partial charge in [-0.1, -0.05) is 18.5 Å². The Morgan fingerprint density at radius 2 is 2.33 bits per heavy atom. The van der Waals surface area contributed by atoms with E-state index >= 15 is 0 Å². The van der Waals surface area contributed by atoms with Crippen molar-refractivity contribution in [3.05, 3.63) is 27.2 Å². The lowest BCUT2D eigenvalue weighted by Gasteiger charge is -2.20. The molecule has 2 unspecified atom stereocenters. The standard InChI is InChI=1S/C14H16BrClN2O3/c1-7-3-12(20)17-18-13(7)9-4-10(15)14(11(16)5-9)21-6-8(2)19/h4-5,7-8,19H,3,6H2,1-2H3,(H,17,20). The Bertz CT molecular complexity index is 567. The Morgan fingerprint density at radius 1 is 1.62 bits per heavy atom. The predicted octanol–water partition coefficient (Wildman–Crippen LogP) is 2.72. The van der Waals surface area contributed by atoms with Gasteiger partial charge in [-0.25, -0.2) is 5.43 Å². The van der Waals surface area contributed by atoms with E-state index in [-0.39, 0.29) is 18.4 Å². The molecule has 2 rings (SSSR count). The molecular formula is C14H16BrClN2O3. The molecule has 0 aromatic heterocycles. The molecule has 1 aliphatic rings.